The molecule has 1 aliphatic heterocycles. The molecule has 0 N–H and O–H groups in total. The summed E-state index contributed by atoms with van der Waals surface area (Å²) in [4.78, 5) is 24.8. The average molecular weight is 292 g/mol. The summed E-state index contributed by atoms with van der Waals surface area (Å²) >= 11 is 0. The molecular formula is C15H24N4O2. The predicted molar refractivity (Wildman–Crippen MR) is 79.8 cm³/mol. The molecule has 6 nitrogen and oxygen atoms in total. The van der Waals surface area contributed by atoms with Gasteiger partial charge in [0.25, 0.3) is 0 Å². The lowest BCUT2D eigenvalue weighted by atomic mass is 10.1. The molecule has 21 heavy (non-hydrogen) atoms. The van der Waals surface area contributed by atoms with Gasteiger partial charge in [0.05, 0.1) is 18.8 Å². The Bertz CT molecular complexity index is 523. The van der Waals surface area contributed by atoms with Crippen LogP contribution >= 0.6 is 0 Å². The van der Waals surface area contributed by atoms with E-state index in [0.29, 0.717) is 13.1 Å². The molecule has 6 heteroatoms. The maximum Gasteiger partial charge on any atom is 0.410 e. The van der Waals surface area contributed by atoms with Crippen LogP contribution in [0.25, 0.3) is 0 Å². The molecule has 0 unspecified atom stereocenters. The zero-order valence-electron chi connectivity index (χ0n) is 13.5. The van der Waals surface area contributed by atoms with Crippen molar-refractivity contribution in [1.29, 1.82) is 0 Å². The van der Waals surface area contributed by atoms with Crippen LogP contribution in [-0.2, 0) is 24.2 Å². The standard InChI is InChI=1S/C15H24N4O2/c1-15(2,3)21-14(20)19-7-6-12-11(9-19)8-16-13(17-12)10-18(4)5/h8H,6-7,9-10H2,1-5H3. The Hall–Kier alpha value is -1.69. The number of fused-ring (bicyclic) bond motifs is 1. The first kappa shape index (κ1) is 15.7. The molecule has 0 bridgehead atoms. The average Bonchev–Trinajstić information content (AvgIpc) is 2.35. The molecule has 1 aliphatic rings. The van der Waals surface area contributed by atoms with Crippen molar-refractivity contribution in [3.63, 3.8) is 0 Å². The third-order valence-corrected chi connectivity index (χ3v) is 3.09. The molecule has 0 aliphatic carbocycles. The van der Waals surface area contributed by atoms with E-state index in [0.717, 1.165) is 30.0 Å². The Balaban J connectivity index is 2.06. The molecule has 2 heterocycles. The van der Waals surface area contributed by atoms with Gasteiger partial charge in [0, 0.05) is 24.7 Å². The molecule has 0 spiro atoms. The lowest BCUT2D eigenvalue weighted by Crippen LogP contribution is -2.40. The Morgan fingerprint density at radius 1 is 1.43 bits per heavy atom. The van der Waals surface area contributed by atoms with Crippen LogP contribution in [0.4, 0.5) is 4.79 Å². The molecule has 116 valence electrons. The minimum absolute atomic E-state index is 0.273. The first-order valence-corrected chi connectivity index (χ1v) is 7.21. The van der Waals surface area contributed by atoms with Gasteiger partial charge in [0.1, 0.15) is 11.4 Å². The second-order valence-electron chi connectivity index (χ2n) is 6.65. The van der Waals surface area contributed by atoms with Crippen LogP contribution in [0.1, 0.15) is 37.9 Å². The smallest absolute Gasteiger partial charge is 0.410 e. The molecular weight excluding hydrogens is 268 g/mol. The Morgan fingerprint density at radius 3 is 2.76 bits per heavy atom. The van der Waals surface area contributed by atoms with E-state index in [9.17, 15) is 4.79 Å². The van der Waals surface area contributed by atoms with Crippen LogP contribution < -0.4 is 0 Å². The number of hydrogen-bond acceptors (Lipinski definition) is 5. The second-order valence-corrected chi connectivity index (χ2v) is 6.65. The second kappa shape index (κ2) is 5.97. The van der Waals surface area contributed by atoms with Crippen LogP contribution in [-0.4, -0.2) is 52.1 Å². The fraction of sp³-hybridized carbons (Fsp3) is 0.667. The molecule has 2 rings (SSSR count). The van der Waals surface area contributed by atoms with Crippen LogP contribution in [0, 0.1) is 0 Å². The van der Waals surface area contributed by atoms with E-state index in [1.54, 1.807) is 4.90 Å². The molecule has 0 radical (unpaired) electrons. The number of hydrogen-bond donors (Lipinski definition) is 0. The van der Waals surface area contributed by atoms with Crippen LogP contribution in [0.2, 0.25) is 0 Å². The highest BCUT2D eigenvalue weighted by molar-refractivity contribution is 5.68. The summed E-state index contributed by atoms with van der Waals surface area (Å²) in [6, 6.07) is 0. The van der Waals surface area contributed by atoms with E-state index in [1.807, 2.05) is 46.0 Å². The van der Waals surface area contributed by atoms with Gasteiger partial charge in [0.2, 0.25) is 0 Å². The predicted octanol–water partition coefficient (Wildman–Crippen LogP) is 1.83. The SMILES string of the molecule is CN(C)Cc1ncc2c(n1)CCN(C(=O)OC(C)(C)C)C2. The molecule has 1 aromatic rings. The Morgan fingerprint density at radius 2 is 2.14 bits per heavy atom. The van der Waals surface area contributed by atoms with Crippen molar-refractivity contribution in [3.05, 3.63) is 23.3 Å². The van der Waals surface area contributed by atoms with Crippen LogP contribution in [0.15, 0.2) is 6.20 Å². The lowest BCUT2D eigenvalue weighted by molar-refractivity contribution is 0.0222. The maximum absolute atomic E-state index is 12.1. The van der Waals surface area contributed by atoms with Crippen molar-refractivity contribution in [2.24, 2.45) is 0 Å². The normalized spacial score (nSPS) is 15.0. The minimum Gasteiger partial charge on any atom is -0.444 e. The number of carbonyl (C=O) groups excluding carboxylic acids is 1. The van der Waals surface area contributed by atoms with E-state index >= 15 is 0 Å². The van der Waals surface area contributed by atoms with Gasteiger partial charge >= 0.3 is 6.09 Å². The number of amides is 1. The van der Waals surface area contributed by atoms with Gasteiger partial charge in [-0.15, -0.1) is 0 Å². The molecule has 0 atom stereocenters. The largest absolute Gasteiger partial charge is 0.444 e. The van der Waals surface area contributed by atoms with Gasteiger partial charge in [-0.1, -0.05) is 0 Å². The fourth-order valence-electron chi connectivity index (χ4n) is 2.20. The summed E-state index contributed by atoms with van der Waals surface area (Å²) in [5.41, 5.74) is 1.58. The third-order valence-electron chi connectivity index (χ3n) is 3.09. The number of carbonyl (C=O) groups is 1. The monoisotopic (exact) mass is 292 g/mol. The fourth-order valence-corrected chi connectivity index (χ4v) is 2.20. The summed E-state index contributed by atoms with van der Waals surface area (Å²) in [5, 5.41) is 0. The highest BCUT2D eigenvalue weighted by Crippen LogP contribution is 2.19. The minimum atomic E-state index is -0.469. The lowest BCUT2D eigenvalue weighted by Gasteiger charge is -2.30. The quantitative estimate of drug-likeness (QED) is 0.832. The number of aromatic nitrogens is 2. The van der Waals surface area contributed by atoms with Crippen molar-refractivity contribution in [2.75, 3.05) is 20.6 Å². The number of nitrogens with zero attached hydrogens (tertiary/aromatic N) is 4. The first-order chi connectivity index (χ1) is 9.74. The van der Waals surface area contributed by atoms with Crippen LogP contribution in [0.3, 0.4) is 0 Å². The summed E-state index contributed by atoms with van der Waals surface area (Å²) in [7, 11) is 3.99. The molecule has 0 fully saturated rings. The van der Waals surface area contributed by atoms with Crippen molar-refractivity contribution in [2.45, 2.75) is 45.9 Å². The summed E-state index contributed by atoms with van der Waals surface area (Å²) in [5.74, 6) is 0.824. The van der Waals surface area contributed by atoms with Gasteiger partial charge in [-0.05, 0) is 34.9 Å². The topological polar surface area (TPSA) is 58.6 Å². The van der Waals surface area contributed by atoms with E-state index < -0.39 is 5.60 Å². The maximum atomic E-state index is 12.1. The van der Waals surface area contributed by atoms with Gasteiger partial charge in [0.15, 0.2) is 0 Å². The molecule has 1 amide bonds. The van der Waals surface area contributed by atoms with Crippen LogP contribution in [0.5, 0.6) is 0 Å². The number of rotatable bonds is 2. The van der Waals surface area contributed by atoms with Crippen molar-refractivity contribution < 1.29 is 9.53 Å². The molecule has 1 aromatic heterocycles. The summed E-state index contributed by atoms with van der Waals surface area (Å²) < 4.78 is 5.41. The zero-order valence-corrected chi connectivity index (χ0v) is 13.5. The van der Waals surface area contributed by atoms with Crippen molar-refractivity contribution in [3.8, 4) is 0 Å². The van der Waals surface area contributed by atoms with E-state index in [4.69, 9.17) is 4.74 Å². The zero-order chi connectivity index (χ0) is 15.6. The highest BCUT2D eigenvalue weighted by Gasteiger charge is 2.26. The van der Waals surface area contributed by atoms with Gasteiger partial charge < -0.3 is 14.5 Å². The van der Waals surface area contributed by atoms with Gasteiger partial charge in [-0.2, -0.15) is 0 Å². The molecule has 0 saturated carbocycles. The number of ether oxygens (including phenoxy) is 1. The summed E-state index contributed by atoms with van der Waals surface area (Å²) in [6.45, 7) is 7.51. The van der Waals surface area contributed by atoms with E-state index in [-0.39, 0.29) is 6.09 Å². The van der Waals surface area contributed by atoms with Gasteiger partial charge in [-0.3, -0.25) is 0 Å². The first-order valence-electron chi connectivity index (χ1n) is 7.21. The van der Waals surface area contributed by atoms with Crippen molar-refractivity contribution >= 4 is 6.09 Å². The van der Waals surface area contributed by atoms with E-state index in [2.05, 4.69) is 9.97 Å². The third kappa shape index (κ3) is 4.39. The van der Waals surface area contributed by atoms with E-state index in [1.165, 1.54) is 0 Å². The Kier molecular flexibility index (Phi) is 4.46. The summed E-state index contributed by atoms with van der Waals surface area (Å²) in [6.07, 6.45) is 2.31. The Labute approximate surface area is 126 Å². The van der Waals surface area contributed by atoms with Crippen molar-refractivity contribution in [1.82, 2.24) is 19.8 Å². The van der Waals surface area contributed by atoms with Gasteiger partial charge in [-0.25, -0.2) is 14.8 Å². The highest BCUT2D eigenvalue weighted by atomic mass is 16.6. The molecule has 0 aromatic carbocycles. The molecule has 0 saturated heterocycles.